The van der Waals surface area contributed by atoms with Gasteiger partial charge in [0.15, 0.2) is 5.02 Å². The summed E-state index contributed by atoms with van der Waals surface area (Å²) in [4.78, 5) is 22.3. The molecule has 0 aliphatic rings. The smallest absolute Gasteiger partial charge is 0.343 e. The van der Waals surface area contributed by atoms with Gasteiger partial charge in [-0.3, -0.25) is 4.79 Å². The van der Waals surface area contributed by atoms with E-state index in [1.54, 1.807) is 0 Å². The molecule has 0 fully saturated rings. The number of hydrogen-bond donors (Lipinski definition) is 1. The van der Waals surface area contributed by atoms with Gasteiger partial charge in [-0.15, -0.1) is 0 Å². The van der Waals surface area contributed by atoms with Crippen LogP contribution in [-0.4, -0.2) is 9.91 Å². The van der Waals surface area contributed by atoms with Crippen LogP contribution in [0.4, 0.5) is 5.82 Å². The van der Waals surface area contributed by atoms with Crippen LogP contribution in [0.25, 0.3) is 0 Å². The van der Waals surface area contributed by atoms with Gasteiger partial charge in [-0.05, 0) is 4.92 Å². The molecule has 1 aromatic heterocycles. The molecule has 0 unspecified atom stereocenters. The highest BCUT2D eigenvalue weighted by Crippen LogP contribution is 2.14. The molecule has 6 heteroatoms. The third kappa shape index (κ3) is 1.38. The average molecular weight is 175 g/mol. The van der Waals surface area contributed by atoms with E-state index in [9.17, 15) is 14.9 Å². The molecule has 1 aromatic rings. The minimum Gasteiger partial charge on any atom is -0.358 e. The van der Waals surface area contributed by atoms with Gasteiger partial charge in [0, 0.05) is 6.07 Å². The molecule has 0 amide bonds. The van der Waals surface area contributed by atoms with Crippen LogP contribution in [0.3, 0.4) is 0 Å². The van der Waals surface area contributed by atoms with Crippen molar-refractivity contribution in [3.05, 3.63) is 37.6 Å². The molecule has 58 valence electrons. The minimum atomic E-state index is -0.746. The number of aromatic nitrogens is 1. The van der Waals surface area contributed by atoms with Crippen molar-refractivity contribution in [1.82, 2.24) is 4.98 Å². The number of rotatable bonds is 1. The molecule has 0 bridgehead atoms. The van der Waals surface area contributed by atoms with E-state index in [2.05, 4.69) is 4.98 Å². The highest BCUT2D eigenvalue weighted by atomic mass is 35.5. The molecule has 0 radical (unpaired) electrons. The van der Waals surface area contributed by atoms with Crippen molar-refractivity contribution < 1.29 is 4.92 Å². The van der Waals surface area contributed by atoms with Crippen molar-refractivity contribution in [3.8, 4) is 0 Å². The molecular formula is C5H3ClN2O3. The number of aromatic amines is 1. The lowest BCUT2D eigenvalue weighted by Gasteiger charge is -1.93. The van der Waals surface area contributed by atoms with E-state index < -0.39 is 21.2 Å². The molecule has 0 spiro atoms. The summed E-state index contributed by atoms with van der Waals surface area (Å²) in [5, 5.41) is 9.73. The number of H-pyrrole nitrogens is 1. The van der Waals surface area contributed by atoms with E-state index in [0.29, 0.717) is 0 Å². The molecule has 0 aliphatic carbocycles. The standard InChI is InChI=1S/C5H3ClN2O3/c6-4-3(9)1-2-7-5(4)8(10)11/h1-2H,(H,7,9). The number of hydrogen-bond acceptors (Lipinski definition) is 3. The zero-order valence-corrected chi connectivity index (χ0v) is 5.96. The fourth-order valence-electron chi connectivity index (χ4n) is 0.582. The minimum absolute atomic E-state index is 0.391. The van der Waals surface area contributed by atoms with Gasteiger partial charge in [0.05, 0.1) is 6.20 Å². The van der Waals surface area contributed by atoms with Crippen LogP contribution in [0.5, 0.6) is 0 Å². The predicted molar refractivity (Wildman–Crippen MR) is 38.7 cm³/mol. The first-order valence-corrected chi connectivity index (χ1v) is 3.02. The highest BCUT2D eigenvalue weighted by molar-refractivity contribution is 6.32. The Balaban J connectivity index is 3.39. The van der Waals surface area contributed by atoms with Gasteiger partial charge in [-0.1, -0.05) is 11.6 Å². The predicted octanol–water partition coefficient (Wildman–Crippen LogP) is 0.936. The van der Waals surface area contributed by atoms with Gasteiger partial charge in [-0.25, -0.2) is 4.98 Å². The number of halogens is 1. The van der Waals surface area contributed by atoms with Crippen LogP contribution in [0.1, 0.15) is 0 Å². The van der Waals surface area contributed by atoms with Gasteiger partial charge in [-0.2, -0.15) is 0 Å². The Bertz CT molecular complexity index is 346. The van der Waals surface area contributed by atoms with Gasteiger partial charge >= 0.3 is 5.82 Å². The second-order valence-electron chi connectivity index (χ2n) is 1.76. The Labute approximate surface area is 65.8 Å². The van der Waals surface area contributed by atoms with E-state index in [1.807, 2.05) is 0 Å². The first-order valence-electron chi connectivity index (χ1n) is 2.64. The molecule has 0 saturated heterocycles. The van der Waals surface area contributed by atoms with Crippen LogP contribution in [0.15, 0.2) is 17.1 Å². The number of nitrogens with zero attached hydrogens (tertiary/aromatic N) is 1. The van der Waals surface area contributed by atoms with Crippen molar-refractivity contribution in [2.24, 2.45) is 0 Å². The molecule has 0 aromatic carbocycles. The van der Waals surface area contributed by atoms with Crippen LogP contribution in [0.2, 0.25) is 5.02 Å². The van der Waals surface area contributed by atoms with Crippen LogP contribution in [0, 0.1) is 10.1 Å². The Morgan fingerprint density at radius 1 is 1.64 bits per heavy atom. The van der Waals surface area contributed by atoms with Crippen molar-refractivity contribution in [2.75, 3.05) is 0 Å². The summed E-state index contributed by atoms with van der Waals surface area (Å²) in [5.41, 5.74) is -0.558. The molecule has 0 atom stereocenters. The first kappa shape index (κ1) is 7.74. The summed E-state index contributed by atoms with van der Waals surface area (Å²) in [7, 11) is 0. The molecule has 1 N–H and O–H groups in total. The second kappa shape index (κ2) is 2.71. The molecule has 1 heterocycles. The van der Waals surface area contributed by atoms with Gasteiger partial charge in [0.25, 0.3) is 0 Å². The summed E-state index contributed by atoms with van der Waals surface area (Å²) in [5.74, 6) is -0.473. The number of nitro groups is 1. The molecule has 0 saturated carbocycles. The van der Waals surface area contributed by atoms with Gasteiger partial charge in [0.2, 0.25) is 5.43 Å². The number of pyridine rings is 1. The van der Waals surface area contributed by atoms with Gasteiger partial charge in [0.1, 0.15) is 0 Å². The normalized spacial score (nSPS) is 9.55. The summed E-state index contributed by atoms with van der Waals surface area (Å²) in [6, 6.07) is 1.12. The van der Waals surface area contributed by atoms with Crippen LogP contribution >= 0.6 is 11.6 Å². The largest absolute Gasteiger partial charge is 0.358 e. The summed E-state index contributed by atoms with van der Waals surface area (Å²) in [6.07, 6.45) is 1.17. The van der Waals surface area contributed by atoms with E-state index >= 15 is 0 Å². The maximum atomic E-state index is 10.7. The first-order chi connectivity index (χ1) is 5.13. The molecular weight excluding hydrogens is 172 g/mol. The maximum absolute atomic E-state index is 10.7. The maximum Gasteiger partial charge on any atom is 0.343 e. The van der Waals surface area contributed by atoms with E-state index in [0.717, 1.165) is 6.07 Å². The van der Waals surface area contributed by atoms with Crippen molar-refractivity contribution in [3.63, 3.8) is 0 Å². The van der Waals surface area contributed by atoms with E-state index in [4.69, 9.17) is 11.6 Å². The Hall–Kier alpha value is -1.36. The third-order valence-corrected chi connectivity index (χ3v) is 1.43. The fourth-order valence-corrected chi connectivity index (χ4v) is 0.769. The van der Waals surface area contributed by atoms with Gasteiger partial charge < -0.3 is 10.1 Å². The average Bonchev–Trinajstić information content (AvgIpc) is 1.94. The fraction of sp³-hybridized carbons (Fsp3) is 0. The lowest BCUT2D eigenvalue weighted by Crippen LogP contribution is -2.04. The van der Waals surface area contributed by atoms with Crippen molar-refractivity contribution in [2.45, 2.75) is 0 Å². The Morgan fingerprint density at radius 3 is 2.73 bits per heavy atom. The molecule has 1 rings (SSSR count). The topological polar surface area (TPSA) is 76.0 Å². The molecule has 0 aliphatic heterocycles. The summed E-state index contributed by atoms with van der Waals surface area (Å²) >= 11 is 5.30. The molecule has 5 nitrogen and oxygen atoms in total. The summed E-state index contributed by atoms with van der Waals surface area (Å²) < 4.78 is 0. The Kier molecular flexibility index (Phi) is 1.91. The van der Waals surface area contributed by atoms with Crippen molar-refractivity contribution >= 4 is 17.4 Å². The lowest BCUT2D eigenvalue weighted by atomic mass is 10.4. The lowest BCUT2D eigenvalue weighted by molar-refractivity contribution is -0.389. The van der Waals surface area contributed by atoms with Crippen LogP contribution < -0.4 is 5.43 Å². The summed E-state index contributed by atoms with van der Waals surface area (Å²) in [6.45, 7) is 0. The van der Waals surface area contributed by atoms with E-state index in [-0.39, 0.29) is 0 Å². The van der Waals surface area contributed by atoms with Crippen LogP contribution in [-0.2, 0) is 0 Å². The van der Waals surface area contributed by atoms with E-state index in [1.165, 1.54) is 6.20 Å². The SMILES string of the molecule is O=c1cc[nH]c([N+](=O)[O-])c1Cl. The number of nitrogens with one attached hydrogen (secondary N) is 1. The van der Waals surface area contributed by atoms with Crippen molar-refractivity contribution in [1.29, 1.82) is 0 Å². The molecule has 11 heavy (non-hydrogen) atoms. The quantitative estimate of drug-likeness (QED) is 0.508. The Morgan fingerprint density at radius 2 is 2.27 bits per heavy atom. The zero-order chi connectivity index (χ0) is 8.43. The zero-order valence-electron chi connectivity index (χ0n) is 5.20. The second-order valence-corrected chi connectivity index (χ2v) is 2.14. The monoisotopic (exact) mass is 174 g/mol. The third-order valence-electron chi connectivity index (χ3n) is 1.06. The highest BCUT2D eigenvalue weighted by Gasteiger charge is 2.11.